The van der Waals surface area contributed by atoms with E-state index in [0.717, 1.165) is 10.9 Å². The zero-order chi connectivity index (χ0) is 14.4. The maximum absolute atomic E-state index is 11.6. The minimum atomic E-state index is 0.106. The normalized spacial score (nSPS) is 11.3. The van der Waals surface area contributed by atoms with Crippen molar-refractivity contribution in [2.45, 2.75) is 6.92 Å². The van der Waals surface area contributed by atoms with Crippen LogP contribution in [0.25, 0.3) is 32.3 Å². The van der Waals surface area contributed by atoms with E-state index in [1.165, 1.54) is 26.9 Å². The van der Waals surface area contributed by atoms with E-state index in [9.17, 15) is 4.79 Å². The molecule has 0 saturated heterocycles. The summed E-state index contributed by atoms with van der Waals surface area (Å²) in [4.78, 5) is 11.6. The van der Waals surface area contributed by atoms with E-state index in [-0.39, 0.29) is 5.78 Å². The van der Waals surface area contributed by atoms with Crippen molar-refractivity contribution < 1.29 is 4.79 Å². The Morgan fingerprint density at radius 3 is 2.05 bits per heavy atom. The van der Waals surface area contributed by atoms with Crippen molar-refractivity contribution in [3.05, 3.63) is 72.3 Å². The first-order chi connectivity index (χ1) is 10.2. The number of benzene rings is 4. The van der Waals surface area contributed by atoms with Gasteiger partial charge in [-0.3, -0.25) is 4.79 Å². The first-order valence-electron chi connectivity index (χ1n) is 7.09. The number of Topliss-reactive ketones (excluding diaryl/α,β-unsaturated/α-hetero) is 1. The average Bonchev–Trinajstić information content (AvgIpc) is 2.53. The van der Waals surface area contributed by atoms with Crippen molar-refractivity contribution in [2.24, 2.45) is 0 Å². The first kappa shape index (κ1) is 12.1. The van der Waals surface area contributed by atoms with Gasteiger partial charge >= 0.3 is 0 Å². The van der Waals surface area contributed by atoms with Crippen molar-refractivity contribution in [3.63, 3.8) is 0 Å². The van der Waals surface area contributed by atoms with Crippen LogP contribution in [0.3, 0.4) is 0 Å². The van der Waals surface area contributed by atoms with Gasteiger partial charge in [0.25, 0.3) is 0 Å². The maximum atomic E-state index is 11.6. The molecule has 0 heterocycles. The molecular formula is C20H14O. The van der Waals surface area contributed by atoms with Crippen LogP contribution in [0.2, 0.25) is 0 Å². The summed E-state index contributed by atoms with van der Waals surface area (Å²) in [6.07, 6.45) is 0. The summed E-state index contributed by atoms with van der Waals surface area (Å²) in [6.45, 7) is 1.61. The molecule has 1 heteroatoms. The predicted octanol–water partition coefficient (Wildman–Crippen LogP) is 5.35. The van der Waals surface area contributed by atoms with Gasteiger partial charge < -0.3 is 0 Å². The highest BCUT2D eigenvalue weighted by atomic mass is 16.1. The zero-order valence-electron chi connectivity index (χ0n) is 11.8. The summed E-state index contributed by atoms with van der Waals surface area (Å²) in [7, 11) is 0. The molecule has 0 radical (unpaired) electrons. The summed E-state index contributed by atoms with van der Waals surface area (Å²) in [6, 6.07) is 23.0. The molecule has 0 unspecified atom stereocenters. The molecule has 4 aromatic rings. The second kappa shape index (κ2) is 4.42. The largest absolute Gasteiger partial charge is 0.295 e. The van der Waals surface area contributed by atoms with Gasteiger partial charge in [-0.25, -0.2) is 0 Å². The highest BCUT2D eigenvalue weighted by Gasteiger charge is 2.06. The highest BCUT2D eigenvalue weighted by Crippen LogP contribution is 2.31. The van der Waals surface area contributed by atoms with Gasteiger partial charge in [0.2, 0.25) is 0 Å². The molecule has 1 nitrogen and oxygen atoms in total. The number of carbonyl (C=O) groups excluding carboxylic acids is 1. The van der Waals surface area contributed by atoms with Crippen LogP contribution in [0.15, 0.2) is 66.7 Å². The van der Waals surface area contributed by atoms with Gasteiger partial charge in [0.1, 0.15) is 0 Å². The smallest absolute Gasteiger partial charge is 0.159 e. The second-order valence-corrected chi connectivity index (χ2v) is 5.44. The van der Waals surface area contributed by atoms with Crippen molar-refractivity contribution in [3.8, 4) is 0 Å². The standard InChI is InChI=1S/C20H14O/c1-13(21)16-7-6-15-9-10-18-17-5-3-2-4-14(17)8-11-19(18)20(15)12-16/h2-12H,1H3. The molecule has 0 aliphatic rings. The summed E-state index contributed by atoms with van der Waals surface area (Å²) < 4.78 is 0. The molecule has 0 aromatic heterocycles. The molecule has 0 amide bonds. The monoisotopic (exact) mass is 270 g/mol. The molecule has 0 spiro atoms. The van der Waals surface area contributed by atoms with E-state index < -0.39 is 0 Å². The number of hydrogen-bond donors (Lipinski definition) is 0. The Balaban J connectivity index is 2.20. The van der Waals surface area contributed by atoms with E-state index in [4.69, 9.17) is 0 Å². The van der Waals surface area contributed by atoms with Crippen molar-refractivity contribution in [2.75, 3.05) is 0 Å². The Bertz CT molecular complexity index is 1010. The molecule has 0 N–H and O–H groups in total. The molecule has 0 atom stereocenters. The lowest BCUT2D eigenvalue weighted by molar-refractivity contribution is 0.101. The lowest BCUT2D eigenvalue weighted by atomic mass is 9.95. The third-order valence-corrected chi connectivity index (χ3v) is 4.15. The fourth-order valence-corrected chi connectivity index (χ4v) is 3.04. The van der Waals surface area contributed by atoms with Gasteiger partial charge in [0.15, 0.2) is 5.78 Å². The van der Waals surface area contributed by atoms with Crippen LogP contribution in [-0.4, -0.2) is 5.78 Å². The van der Waals surface area contributed by atoms with E-state index in [0.29, 0.717) is 0 Å². The predicted molar refractivity (Wildman–Crippen MR) is 89.0 cm³/mol. The van der Waals surface area contributed by atoms with Gasteiger partial charge in [-0.2, -0.15) is 0 Å². The van der Waals surface area contributed by atoms with Gasteiger partial charge in [0, 0.05) is 5.56 Å². The van der Waals surface area contributed by atoms with E-state index in [2.05, 4.69) is 48.5 Å². The maximum Gasteiger partial charge on any atom is 0.159 e. The minimum absolute atomic E-state index is 0.106. The van der Waals surface area contributed by atoms with E-state index in [1.54, 1.807) is 6.92 Å². The number of rotatable bonds is 1. The molecule has 0 aliphatic carbocycles. The average molecular weight is 270 g/mol. The molecule has 0 bridgehead atoms. The summed E-state index contributed by atoms with van der Waals surface area (Å²) >= 11 is 0. The fourth-order valence-electron chi connectivity index (χ4n) is 3.04. The third-order valence-electron chi connectivity index (χ3n) is 4.15. The number of carbonyl (C=O) groups is 1. The van der Waals surface area contributed by atoms with E-state index in [1.807, 2.05) is 18.2 Å². The van der Waals surface area contributed by atoms with Gasteiger partial charge in [-0.1, -0.05) is 60.7 Å². The highest BCUT2D eigenvalue weighted by molar-refractivity contribution is 6.18. The van der Waals surface area contributed by atoms with Crippen LogP contribution < -0.4 is 0 Å². The summed E-state index contributed by atoms with van der Waals surface area (Å²) in [5, 5.41) is 7.25. The van der Waals surface area contributed by atoms with Gasteiger partial charge in [-0.05, 0) is 45.3 Å². The number of ketones is 1. The minimum Gasteiger partial charge on any atom is -0.295 e. The van der Waals surface area contributed by atoms with Gasteiger partial charge in [-0.15, -0.1) is 0 Å². The van der Waals surface area contributed by atoms with Crippen molar-refractivity contribution in [1.29, 1.82) is 0 Å². The Morgan fingerprint density at radius 1 is 0.667 bits per heavy atom. The second-order valence-electron chi connectivity index (χ2n) is 5.44. The van der Waals surface area contributed by atoms with Crippen LogP contribution in [0, 0.1) is 0 Å². The van der Waals surface area contributed by atoms with Crippen molar-refractivity contribution in [1.82, 2.24) is 0 Å². The lowest BCUT2D eigenvalue weighted by Crippen LogP contribution is -1.91. The van der Waals surface area contributed by atoms with Crippen LogP contribution in [0.5, 0.6) is 0 Å². The molecule has 0 aliphatic heterocycles. The topological polar surface area (TPSA) is 17.1 Å². The quantitative estimate of drug-likeness (QED) is 0.336. The number of fused-ring (bicyclic) bond motifs is 5. The molecule has 0 fully saturated rings. The zero-order valence-corrected chi connectivity index (χ0v) is 11.8. The van der Waals surface area contributed by atoms with Crippen LogP contribution in [-0.2, 0) is 0 Å². The van der Waals surface area contributed by atoms with Crippen molar-refractivity contribution >= 4 is 38.1 Å². The van der Waals surface area contributed by atoms with E-state index >= 15 is 0 Å². The van der Waals surface area contributed by atoms with Gasteiger partial charge in [0.05, 0.1) is 0 Å². The summed E-state index contributed by atoms with van der Waals surface area (Å²) in [5.74, 6) is 0.106. The Kier molecular flexibility index (Phi) is 2.55. The molecule has 4 rings (SSSR count). The Hall–Kier alpha value is -2.67. The number of hydrogen-bond acceptors (Lipinski definition) is 1. The lowest BCUT2D eigenvalue weighted by Gasteiger charge is -2.08. The fraction of sp³-hybridized carbons (Fsp3) is 0.0500. The molecule has 4 aromatic carbocycles. The Labute approximate surface area is 122 Å². The molecular weight excluding hydrogens is 256 g/mol. The first-order valence-corrected chi connectivity index (χ1v) is 7.09. The third kappa shape index (κ3) is 1.82. The van der Waals surface area contributed by atoms with Crippen LogP contribution in [0.4, 0.5) is 0 Å². The SMILES string of the molecule is CC(=O)c1ccc2ccc3c4ccccc4ccc3c2c1. The summed E-state index contributed by atoms with van der Waals surface area (Å²) in [5.41, 5.74) is 0.767. The molecule has 0 saturated carbocycles. The Morgan fingerprint density at radius 2 is 1.29 bits per heavy atom. The molecule has 100 valence electrons. The van der Waals surface area contributed by atoms with Crippen LogP contribution >= 0.6 is 0 Å². The van der Waals surface area contributed by atoms with Crippen LogP contribution in [0.1, 0.15) is 17.3 Å². The molecule has 21 heavy (non-hydrogen) atoms.